The van der Waals surface area contributed by atoms with Gasteiger partial charge in [0, 0.05) is 10.0 Å². The molecule has 0 spiro atoms. The number of ether oxygens (including phenoxy) is 1. The molecule has 2 amide bonds. The van der Waals surface area contributed by atoms with Gasteiger partial charge in [0.1, 0.15) is 11.6 Å². The van der Waals surface area contributed by atoms with Gasteiger partial charge in [-0.1, -0.05) is 30.3 Å². The average molecular weight is 498 g/mol. The van der Waals surface area contributed by atoms with E-state index in [4.69, 9.17) is 4.74 Å². The highest BCUT2D eigenvalue weighted by atomic mass is 79.9. The number of halogens is 2. The molecule has 0 bridgehead atoms. The van der Waals surface area contributed by atoms with E-state index < -0.39 is 23.6 Å². The molecule has 0 heterocycles. The van der Waals surface area contributed by atoms with E-state index in [2.05, 4.69) is 31.8 Å². The molecule has 0 aliphatic carbocycles. The zero-order valence-corrected chi connectivity index (χ0v) is 18.1. The van der Waals surface area contributed by atoms with Gasteiger partial charge in [-0.2, -0.15) is 5.10 Å². The van der Waals surface area contributed by atoms with Crippen LogP contribution >= 0.6 is 15.9 Å². The molecule has 9 heteroatoms. The standard InChI is InChI=1S/C23H17BrFN3O4/c24-20-10-2-1-9-19(20)23(31)32-18-8-3-5-15(11-18)13-27-28-21(29)14-26-22(30)16-6-4-7-17(25)12-16/h1-13H,14H2,(H,26,30)(H,28,29)/b27-13+. The number of nitrogens with one attached hydrogen (secondary N) is 2. The summed E-state index contributed by atoms with van der Waals surface area (Å²) in [6, 6.07) is 18.6. The lowest BCUT2D eigenvalue weighted by atomic mass is 10.2. The lowest BCUT2D eigenvalue weighted by Crippen LogP contribution is -2.34. The Balaban J connectivity index is 1.51. The number of nitrogens with zero attached hydrogens (tertiary/aromatic N) is 1. The van der Waals surface area contributed by atoms with Gasteiger partial charge in [-0.25, -0.2) is 14.6 Å². The first-order chi connectivity index (χ1) is 15.4. The van der Waals surface area contributed by atoms with Crippen molar-refractivity contribution in [3.05, 3.63) is 99.8 Å². The summed E-state index contributed by atoms with van der Waals surface area (Å²) in [5, 5.41) is 6.19. The van der Waals surface area contributed by atoms with Crippen LogP contribution in [0.5, 0.6) is 5.75 Å². The predicted molar refractivity (Wildman–Crippen MR) is 120 cm³/mol. The molecule has 7 nitrogen and oxygen atoms in total. The first kappa shape index (κ1) is 22.8. The summed E-state index contributed by atoms with van der Waals surface area (Å²) < 4.78 is 19.1. The van der Waals surface area contributed by atoms with E-state index in [1.54, 1.807) is 48.5 Å². The minimum atomic E-state index is -0.580. The normalized spacial score (nSPS) is 10.6. The molecule has 0 saturated heterocycles. The molecular weight excluding hydrogens is 481 g/mol. The lowest BCUT2D eigenvalue weighted by molar-refractivity contribution is -0.120. The molecule has 2 N–H and O–H groups in total. The molecule has 0 fully saturated rings. The maximum Gasteiger partial charge on any atom is 0.344 e. The molecule has 0 aliphatic rings. The van der Waals surface area contributed by atoms with Gasteiger partial charge in [0.05, 0.1) is 18.3 Å². The Labute approximate surface area is 191 Å². The number of rotatable bonds is 7. The van der Waals surface area contributed by atoms with Crippen LogP contribution in [0.15, 0.2) is 82.4 Å². The minimum Gasteiger partial charge on any atom is -0.423 e. The Bertz CT molecular complexity index is 1180. The van der Waals surface area contributed by atoms with Gasteiger partial charge >= 0.3 is 5.97 Å². The van der Waals surface area contributed by atoms with E-state index in [-0.39, 0.29) is 12.1 Å². The summed E-state index contributed by atoms with van der Waals surface area (Å²) in [5.74, 6) is -1.90. The van der Waals surface area contributed by atoms with E-state index in [9.17, 15) is 18.8 Å². The van der Waals surface area contributed by atoms with Crippen LogP contribution in [0.2, 0.25) is 0 Å². The number of carbonyl (C=O) groups is 3. The summed E-state index contributed by atoms with van der Waals surface area (Å²) >= 11 is 3.31. The van der Waals surface area contributed by atoms with Crippen molar-refractivity contribution in [2.45, 2.75) is 0 Å². The van der Waals surface area contributed by atoms with Crippen LogP contribution in [-0.4, -0.2) is 30.5 Å². The first-order valence-corrected chi connectivity index (χ1v) is 10.1. The first-order valence-electron chi connectivity index (χ1n) is 9.35. The monoisotopic (exact) mass is 497 g/mol. The van der Waals surface area contributed by atoms with E-state index in [1.807, 2.05) is 0 Å². The second-order valence-electron chi connectivity index (χ2n) is 6.43. The van der Waals surface area contributed by atoms with E-state index in [0.29, 0.717) is 21.3 Å². The van der Waals surface area contributed by atoms with Crippen molar-refractivity contribution < 1.29 is 23.5 Å². The maximum absolute atomic E-state index is 13.1. The second-order valence-corrected chi connectivity index (χ2v) is 7.28. The molecule has 0 unspecified atom stereocenters. The summed E-state index contributed by atoms with van der Waals surface area (Å²) in [7, 11) is 0. The molecule has 0 aliphatic heterocycles. The van der Waals surface area contributed by atoms with Crippen LogP contribution in [-0.2, 0) is 4.79 Å². The van der Waals surface area contributed by atoms with Crippen LogP contribution in [0, 0.1) is 5.82 Å². The van der Waals surface area contributed by atoms with Crippen molar-refractivity contribution in [2.75, 3.05) is 6.54 Å². The molecule has 3 aromatic rings. The predicted octanol–water partition coefficient (Wildman–Crippen LogP) is 3.69. The maximum atomic E-state index is 13.1. The number of benzene rings is 3. The number of hydrogen-bond acceptors (Lipinski definition) is 5. The van der Waals surface area contributed by atoms with Gasteiger partial charge in [-0.3, -0.25) is 9.59 Å². The number of hydrazone groups is 1. The molecule has 3 rings (SSSR count). The van der Waals surface area contributed by atoms with E-state index in [0.717, 1.165) is 6.07 Å². The van der Waals surface area contributed by atoms with Crippen LogP contribution in [0.1, 0.15) is 26.3 Å². The van der Waals surface area contributed by atoms with Gasteiger partial charge in [-0.15, -0.1) is 0 Å². The molecule has 3 aromatic carbocycles. The second kappa shape index (κ2) is 11.0. The number of hydrogen-bond donors (Lipinski definition) is 2. The third-order valence-electron chi connectivity index (χ3n) is 4.06. The highest BCUT2D eigenvalue weighted by Crippen LogP contribution is 2.19. The van der Waals surface area contributed by atoms with E-state index >= 15 is 0 Å². The van der Waals surface area contributed by atoms with Gasteiger partial charge in [-0.05, 0) is 64.0 Å². The average Bonchev–Trinajstić information content (AvgIpc) is 2.78. The van der Waals surface area contributed by atoms with Crippen molar-refractivity contribution in [1.29, 1.82) is 0 Å². The fourth-order valence-electron chi connectivity index (χ4n) is 2.56. The molecule has 0 radical (unpaired) electrons. The Morgan fingerprint density at radius 1 is 1.00 bits per heavy atom. The van der Waals surface area contributed by atoms with Crippen molar-refractivity contribution in [3.8, 4) is 5.75 Å². The Morgan fingerprint density at radius 3 is 2.56 bits per heavy atom. The van der Waals surface area contributed by atoms with Crippen LogP contribution in [0.25, 0.3) is 0 Å². The number of amides is 2. The van der Waals surface area contributed by atoms with E-state index in [1.165, 1.54) is 24.4 Å². The summed E-state index contributed by atoms with van der Waals surface area (Å²) in [6.07, 6.45) is 1.36. The molecule has 0 saturated carbocycles. The van der Waals surface area contributed by atoms with Gasteiger partial charge in [0.2, 0.25) is 0 Å². The smallest absolute Gasteiger partial charge is 0.344 e. The summed E-state index contributed by atoms with van der Waals surface area (Å²) in [4.78, 5) is 36.1. The third kappa shape index (κ3) is 6.58. The quantitative estimate of drug-likeness (QED) is 0.225. The zero-order chi connectivity index (χ0) is 22.9. The Morgan fingerprint density at radius 2 is 1.78 bits per heavy atom. The Kier molecular flexibility index (Phi) is 7.82. The van der Waals surface area contributed by atoms with Crippen LogP contribution in [0.4, 0.5) is 4.39 Å². The highest BCUT2D eigenvalue weighted by Gasteiger charge is 2.12. The summed E-state index contributed by atoms with van der Waals surface area (Å²) in [5.41, 5.74) is 3.34. The number of esters is 1. The van der Waals surface area contributed by atoms with Crippen LogP contribution in [0.3, 0.4) is 0 Å². The molecule has 32 heavy (non-hydrogen) atoms. The molecule has 0 aromatic heterocycles. The van der Waals surface area contributed by atoms with Crippen LogP contribution < -0.4 is 15.5 Å². The SMILES string of the molecule is O=C(CNC(=O)c1cccc(F)c1)N/N=C/c1cccc(OC(=O)c2ccccc2Br)c1. The lowest BCUT2D eigenvalue weighted by Gasteiger charge is -2.06. The zero-order valence-electron chi connectivity index (χ0n) is 16.5. The Hall–Kier alpha value is -3.85. The third-order valence-corrected chi connectivity index (χ3v) is 4.75. The minimum absolute atomic E-state index is 0.107. The number of carbonyl (C=O) groups excluding carboxylic acids is 3. The van der Waals surface area contributed by atoms with Gasteiger partial charge in [0.25, 0.3) is 11.8 Å². The largest absolute Gasteiger partial charge is 0.423 e. The fraction of sp³-hybridized carbons (Fsp3) is 0.0435. The van der Waals surface area contributed by atoms with Crippen molar-refractivity contribution in [1.82, 2.24) is 10.7 Å². The van der Waals surface area contributed by atoms with Crippen molar-refractivity contribution in [2.24, 2.45) is 5.10 Å². The molecule has 0 atom stereocenters. The van der Waals surface area contributed by atoms with Crippen molar-refractivity contribution in [3.63, 3.8) is 0 Å². The van der Waals surface area contributed by atoms with Gasteiger partial charge < -0.3 is 10.1 Å². The fourth-order valence-corrected chi connectivity index (χ4v) is 3.00. The highest BCUT2D eigenvalue weighted by molar-refractivity contribution is 9.10. The van der Waals surface area contributed by atoms with Gasteiger partial charge in [0.15, 0.2) is 0 Å². The molecule has 162 valence electrons. The summed E-state index contributed by atoms with van der Waals surface area (Å²) in [6.45, 7) is -0.337. The topological polar surface area (TPSA) is 96.9 Å². The van der Waals surface area contributed by atoms with Crippen molar-refractivity contribution >= 4 is 39.9 Å². The molecular formula is C23H17BrFN3O4.